The maximum Gasteiger partial charge on any atom is 0.416 e. The molecule has 3 N–H and O–H groups in total. The van der Waals surface area contributed by atoms with Crippen LogP contribution in [-0.4, -0.2) is 60.6 Å². The minimum Gasteiger partial charge on any atom is -0.483 e. The smallest absolute Gasteiger partial charge is 0.416 e. The molecular weight excluding hydrogens is 561 g/mol. The van der Waals surface area contributed by atoms with Gasteiger partial charge in [0.1, 0.15) is 18.7 Å². The third-order valence-corrected chi connectivity index (χ3v) is 7.36. The van der Waals surface area contributed by atoms with Gasteiger partial charge in [-0.05, 0) is 74.8 Å². The summed E-state index contributed by atoms with van der Waals surface area (Å²) in [4.78, 5) is 23.3. The Bertz CT molecular complexity index is 1410. The van der Waals surface area contributed by atoms with Crippen molar-refractivity contribution in [2.75, 3.05) is 50.5 Å². The summed E-state index contributed by atoms with van der Waals surface area (Å²) in [6, 6.07) is 8.20. The number of hydrogen-bond acceptors (Lipinski definition) is 8. The lowest BCUT2D eigenvalue weighted by Gasteiger charge is -2.21. The summed E-state index contributed by atoms with van der Waals surface area (Å²) in [5, 5.41) is 8.96. The number of nitrogens with zero attached hydrogens (tertiary/aromatic N) is 3. The lowest BCUT2D eigenvalue weighted by molar-refractivity contribution is -0.138. The second-order valence-corrected chi connectivity index (χ2v) is 10.4. The van der Waals surface area contributed by atoms with Crippen LogP contribution in [0.2, 0.25) is 5.02 Å². The van der Waals surface area contributed by atoms with Gasteiger partial charge in [-0.15, -0.1) is 0 Å². The van der Waals surface area contributed by atoms with Crippen LogP contribution in [0, 0.1) is 5.92 Å². The zero-order valence-electron chi connectivity index (χ0n) is 22.4. The second-order valence-electron chi connectivity index (χ2n) is 9.98. The molecular formula is C28H30ClF3N6O3. The molecule has 1 amide bonds. The number of likely N-dealkylation sites (tertiary alicyclic amines) is 1. The van der Waals surface area contributed by atoms with Crippen LogP contribution in [0.3, 0.4) is 0 Å². The number of fused-ring (bicyclic) bond motifs is 1. The number of ether oxygens (including phenoxy) is 2. The zero-order valence-corrected chi connectivity index (χ0v) is 23.1. The van der Waals surface area contributed by atoms with E-state index in [4.69, 9.17) is 21.1 Å². The van der Waals surface area contributed by atoms with Crippen molar-refractivity contribution in [3.63, 3.8) is 0 Å². The van der Waals surface area contributed by atoms with E-state index in [2.05, 4.69) is 25.9 Å². The Hall–Kier alpha value is -3.61. The number of carbonyl (C=O) groups excluding carboxylic acids is 1. The Morgan fingerprint density at radius 3 is 2.90 bits per heavy atom. The molecule has 0 aliphatic carbocycles. The quantitative estimate of drug-likeness (QED) is 0.303. The van der Waals surface area contributed by atoms with Gasteiger partial charge in [0.05, 0.1) is 17.1 Å². The number of halogens is 4. The number of anilines is 2. The van der Waals surface area contributed by atoms with Gasteiger partial charge in [-0.3, -0.25) is 9.69 Å². The second kappa shape index (κ2) is 12.5. The molecule has 0 spiro atoms. The molecule has 3 heterocycles. The molecule has 0 saturated carbocycles. The molecule has 2 aliphatic heterocycles. The highest BCUT2D eigenvalue weighted by atomic mass is 35.5. The Morgan fingerprint density at radius 1 is 1.24 bits per heavy atom. The topological polar surface area (TPSA) is 101 Å². The van der Waals surface area contributed by atoms with Crippen molar-refractivity contribution >= 4 is 29.0 Å². The molecule has 1 unspecified atom stereocenters. The average molecular weight is 591 g/mol. The predicted octanol–water partition coefficient (Wildman–Crippen LogP) is 5.43. The first-order chi connectivity index (χ1) is 19.7. The van der Waals surface area contributed by atoms with Crippen LogP contribution >= 0.6 is 11.6 Å². The van der Waals surface area contributed by atoms with E-state index in [1.807, 2.05) is 11.9 Å². The molecule has 41 heavy (non-hydrogen) atoms. The average Bonchev–Trinajstić information content (AvgIpc) is 3.40. The van der Waals surface area contributed by atoms with Crippen molar-refractivity contribution in [2.24, 2.45) is 5.92 Å². The van der Waals surface area contributed by atoms with E-state index in [-0.39, 0.29) is 40.0 Å². The monoisotopic (exact) mass is 590 g/mol. The summed E-state index contributed by atoms with van der Waals surface area (Å²) >= 11 is 6.30. The largest absolute Gasteiger partial charge is 0.483 e. The fraction of sp³-hybridized carbons (Fsp3) is 0.393. The summed E-state index contributed by atoms with van der Waals surface area (Å²) in [5.74, 6) is 0.854. The van der Waals surface area contributed by atoms with Gasteiger partial charge in [0.15, 0.2) is 5.82 Å². The van der Waals surface area contributed by atoms with Gasteiger partial charge >= 0.3 is 6.18 Å². The number of carbonyl (C=O) groups is 1. The van der Waals surface area contributed by atoms with E-state index in [1.54, 1.807) is 0 Å². The molecule has 3 aromatic rings. The maximum atomic E-state index is 14.0. The summed E-state index contributed by atoms with van der Waals surface area (Å²) in [6.07, 6.45) is -1.31. The zero-order chi connectivity index (χ0) is 29.0. The van der Waals surface area contributed by atoms with Crippen LogP contribution in [0.25, 0.3) is 0 Å². The first-order valence-corrected chi connectivity index (χ1v) is 13.7. The lowest BCUT2D eigenvalue weighted by atomic mass is 10.0. The Balaban J connectivity index is 1.30. The summed E-state index contributed by atoms with van der Waals surface area (Å²) < 4.78 is 53.5. The molecule has 0 radical (unpaired) electrons. The van der Waals surface area contributed by atoms with Crippen molar-refractivity contribution in [2.45, 2.75) is 25.6 Å². The van der Waals surface area contributed by atoms with Gasteiger partial charge in [-0.1, -0.05) is 17.7 Å². The molecule has 5 rings (SSSR count). The van der Waals surface area contributed by atoms with Gasteiger partial charge in [0.25, 0.3) is 11.8 Å². The van der Waals surface area contributed by atoms with Crippen molar-refractivity contribution in [1.29, 1.82) is 0 Å². The number of benzene rings is 2. The molecule has 1 fully saturated rings. The fourth-order valence-corrected chi connectivity index (χ4v) is 5.13. The number of hydrogen-bond donors (Lipinski definition) is 3. The molecule has 218 valence electrons. The van der Waals surface area contributed by atoms with Crippen LogP contribution in [0.15, 0.2) is 42.7 Å². The Labute approximate surface area is 240 Å². The first kappa shape index (κ1) is 28.9. The first-order valence-electron chi connectivity index (χ1n) is 13.3. The molecule has 1 saturated heterocycles. The third kappa shape index (κ3) is 7.00. The minimum atomic E-state index is -4.57. The SMILES string of the molecule is CNCCC1CCN(Cc2ccc(NC(=O)c3ccc(Cl)c(Oc4ncnc5c4OCCN5)c3)cc2C(F)(F)F)C1. The molecule has 2 aromatic carbocycles. The van der Waals surface area contributed by atoms with E-state index in [0.29, 0.717) is 30.6 Å². The van der Waals surface area contributed by atoms with Crippen LogP contribution < -0.4 is 25.4 Å². The van der Waals surface area contributed by atoms with Gasteiger partial charge in [-0.2, -0.15) is 18.2 Å². The van der Waals surface area contributed by atoms with E-state index < -0.39 is 17.6 Å². The Morgan fingerprint density at radius 2 is 2.10 bits per heavy atom. The number of alkyl halides is 3. The van der Waals surface area contributed by atoms with E-state index in [9.17, 15) is 18.0 Å². The number of aromatic nitrogens is 2. The number of rotatable bonds is 9. The molecule has 2 aliphatic rings. The van der Waals surface area contributed by atoms with E-state index >= 15 is 0 Å². The Kier molecular flexibility index (Phi) is 8.81. The molecule has 13 heteroatoms. The molecule has 9 nitrogen and oxygen atoms in total. The van der Waals surface area contributed by atoms with Crippen molar-refractivity contribution in [1.82, 2.24) is 20.2 Å². The normalized spacial score (nSPS) is 17.0. The highest BCUT2D eigenvalue weighted by Crippen LogP contribution is 2.39. The van der Waals surface area contributed by atoms with Crippen LogP contribution in [0.4, 0.5) is 24.7 Å². The standard InChI is InChI=1S/C28H30ClF3N6O3/c1-33-8-6-17-7-10-38(14-17)15-19-2-4-20(13-21(19)28(30,31)32)37-26(39)18-3-5-22(29)23(12-18)41-27-24-25(35-16-36-27)34-9-11-40-24/h2-5,12-13,16-17,33H,6-11,14-15H2,1H3,(H,37,39)(H,34,35,36). The van der Waals surface area contributed by atoms with Gasteiger partial charge in [0.2, 0.25) is 5.75 Å². The van der Waals surface area contributed by atoms with Crippen LogP contribution in [0.5, 0.6) is 17.4 Å². The number of amides is 1. The van der Waals surface area contributed by atoms with Crippen LogP contribution in [0.1, 0.15) is 34.3 Å². The fourth-order valence-electron chi connectivity index (χ4n) is 4.98. The minimum absolute atomic E-state index is 0.0288. The van der Waals surface area contributed by atoms with E-state index in [0.717, 1.165) is 38.5 Å². The lowest BCUT2D eigenvalue weighted by Crippen LogP contribution is -2.23. The number of nitrogens with one attached hydrogen (secondary N) is 3. The molecule has 1 atom stereocenters. The molecule has 1 aromatic heterocycles. The van der Waals surface area contributed by atoms with Crippen LogP contribution in [-0.2, 0) is 12.7 Å². The summed E-state index contributed by atoms with van der Waals surface area (Å²) in [6.45, 7) is 3.57. The van der Waals surface area contributed by atoms with Crippen molar-refractivity contribution in [3.05, 3.63) is 64.4 Å². The van der Waals surface area contributed by atoms with Gasteiger partial charge in [-0.25, -0.2) is 4.98 Å². The molecule has 0 bridgehead atoms. The highest BCUT2D eigenvalue weighted by Gasteiger charge is 2.35. The third-order valence-electron chi connectivity index (χ3n) is 7.05. The van der Waals surface area contributed by atoms with Gasteiger partial charge < -0.3 is 25.4 Å². The van der Waals surface area contributed by atoms with Crippen molar-refractivity contribution in [3.8, 4) is 17.4 Å². The highest BCUT2D eigenvalue weighted by molar-refractivity contribution is 6.32. The maximum absolute atomic E-state index is 14.0. The van der Waals surface area contributed by atoms with Gasteiger partial charge in [0, 0.05) is 24.3 Å². The predicted molar refractivity (Wildman–Crippen MR) is 149 cm³/mol. The summed E-state index contributed by atoms with van der Waals surface area (Å²) in [7, 11) is 1.89. The summed E-state index contributed by atoms with van der Waals surface area (Å²) in [5.41, 5.74) is -0.428. The van der Waals surface area contributed by atoms with Crippen molar-refractivity contribution < 1.29 is 27.4 Å². The van der Waals surface area contributed by atoms with E-state index in [1.165, 1.54) is 36.7 Å².